The van der Waals surface area contributed by atoms with Gasteiger partial charge in [-0.1, -0.05) is 19.8 Å². The third-order valence-corrected chi connectivity index (χ3v) is 6.29. The molecule has 0 radical (unpaired) electrons. The first-order valence-electron chi connectivity index (χ1n) is 6.70. The van der Waals surface area contributed by atoms with Crippen LogP contribution in [0.3, 0.4) is 0 Å². The molecular weight excluding hydrogens is 218 g/mol. The average molecular weight is 245 g/mol. The summed E-state index contributed by atoms with van der Waals surface area (Å²) in [7, 11) is -1.84. The van der Waals surface area contributed by atoms with E-state index in [2.05, 4.69) is 25.3 Å². The summed E-state index contributed by atoms with van der Waals surface area (Å²) in [5, 5.41) is 0. The van der Waals surface area contributed by atoms with Crippen LogP contribution < -0.4 is 0 Å². The van der Waals surface area contributed by atoms with Crippen molar-refractivity contribution in [2.75, 3.05) is 32.8 Å². The molecule has 0 aliphatic carbocycles. The Labute approximate surface area is 101 Å². The molecule has 0 saturated carbocycles. The molecule has 4 heteroatoms. The maximum Gasteiger partial charge on any atom is 0.334 e. The van der Waals surface area contributed by atoms with Gasteiger partial charge in [0.15, 0.2) is 0 Å². The first-order chi connectivity index (χ1) is 7.70. The zero-order chi connectivity index (χ0) is 11.9. The van der Waals surface area contributed by atoms with Gasteiger partial charge in [0.25, 0.3) is 0 Å². The zero-order valence-electron chi connectivity index (χ0n) is 11.1. The molecule has 0 bridgehead atoms. The molecule has 0 aromatic rings. The topological polar surface area (TPSA) is 21.7 Å². The van der Waals surface area contributed by atoms with Crippen molar-refractivity contribution in [3.8, 4) is 0 Å². The Hall–Kier alpha value is 0.0969. The smallest absolute Gasteiger partial charge is 0.334 e. The Morgan fingerprint density at radius 1 is 1.19 bits per heavy atom. The lowest BCUT2D eigenvalue weighted by atomic mass is 10.2. The van der Waals surface area contributed by atoms with Crippen LogP contribution in [0.4, 0.5) is 0 Å². The van der Waals surface area contributed by atoms with E-state index in [1.807, 2.05) is 0 Å². The van der Waals surface area contributed by atoms with Gasteiger partial charge in [0.05, 0.1) is 0 Å². The molecule has 1 unspecified atom stereocenters. The molecule has 0 aromatic heterocycles. The predicted molar refractivity (Wildman–Crippen MR) is 70.0 cm³/mol. The summed E-state index contributed by atoms with van der Waals surface area (Å²) in [6.45, 7) is 11.6. The number of nitrogens with zero attached hydrogens (tertiary/aromatic N) is 1. The lowest BCUT2D eigenvalue weighted by molar-refractivity contribution is 0.146. The third-order valence-electron chi connectivity index (χ3n) is 3.32. The SMILES string of the molecule is CCO[Si]1(C)CCCCCN(CC)CCO1. The highest BCUT2D eigenvalue weighted by Crippen LogP contribution is 2.19. The summed E-state index contributed by atoms with van der Waals surface area (Å²) >= 11 is 0. The van der Waals surface area contributed by atoms with Gasteiger partial charge in [-0.25, -0.2) is 0 Å². The maximum atomic E-state index is 6.05. The van der Waals surface area contributed by atoms with Crippen molar-refractivity contribution in [2.45, 2.75) is 45.7 Å². The Morgan fingerprint density at radius 2 is 2.00 bits per heavy atom. The van der Waals surface area contributed by atoms with Crippen LogP contribution in [0.5, 0.6) is 0 Å². The van der Waals surface area contributed by atoms with E-state index in [-0.39, 0.29) is 0 Å². The molecular formula is C12H27NO2Si. The highest BCUT2D eigenvalue weighted by atomic mass is 28.4. The minimum Gasteiger partial charge on any atom is -0.395 e. The Kier molecular flexibility index (Phi) is 6.57. The molecule has 96 valence electrons. The Balaban J connectivity index is 2.44. The van der Waals surface area contributed by atoms with Gasteiger partial charge in [0.2, 0.25) is 0 Å². The summed E-state index contributed by atoms with van der Waals surface area (Å²) in [5.41, 5.74) is 0. The third kappa shape index (κ3) is 4.95. The van der Waals surface area contributed by atoms with Crippen molar-refractivity contribution in [3.05, 3.63) is 0 Å². The van der Waals surface area contributed by atoms with Gasteiger partial charge in [-0.3, -0.25) is 0 Å². The number of hydrogen-bond acceptors (Lipinski definition) is 3. The van der Waals surface area contributed by atoms with Crippen molar-refractivity contribution in [2.24, 2.45) is 0 Å². The summed E-state index contributed by atoms with van der Waals surface area (Å²) in [6, 6.07) is 1.16. The van der Waals surface area contributed by atoms with Crippen molar-refractivity contribution in [3.63, 3.8) is 0 Å². The van der Waals surface area contributed by atoms with Crippen LogP contribution in [0.1, 0.15) is 33.1 Å². The summed E-state index contributed by atoms with van der Waals surface area (Å²) in [6.07, 6.45) is 3.90. The average Bonchev–Trinajstić information content (AvgIpc) is 2.27. The van der Waals surface area contributed by atoms with E-state index >= 15 is 0 Å². The fourth-order valence-electron chi connectivity index (χ4n) is 2.27. The fraction of sp³-hybridized carbons (Fsp3) is 1.00. The fourth-order valence-corrected chi connectivity index (χ4v) is 4.67. The van der Waals surface area contributed by atoms with Crippen LogP contribution in [-0.4, -0.2) is 46.3 Å². The molecule has 1 heterocycles. The minimum atomic E-state index is -1.84. The number of rotatable bonds is 3. The van der Waals surface area contributed by atoms with Crippen LogP contribution in [0.15, 0.2) is 0 Å². The van der Waals surface area contributed by atoms with Crippen LogP contribution in [0.25, 0.3) is 0 Å². The van der Waals surface area contributed by atoms with E-state index in [9.17, 15) is 0 Å². The second kappa shape index (κ2) is 7.43. The van der Waals surface area contributed by atoms with E-state index < -0.39 is 8.56 Å². The molecule has 1 aliphatic heterocycles. The maximum absolute atomic E-state index is 6.05. The predicted octanol–water partition coefficient (Wildman–Crippen LogP) is 2.62. The molecule has 0 spiro atoms. The van der Waals surface area contributed by atoms with E-state index in [1.54, 1.807) is 0 Å². The van der Waals surface area contributed by atoms with Crippen molar-refractivity contribution in [1.82, 2.24) is 4.90 Å². The second-order valence-corrected chi connectivity index (χ2v) is 8.01. The van der Waals surface area contributed by atoms with E-state index in [0.29, 0.717) is 0 Å². The van der Waals surface area contributed by atoms with Gasteiger partial charge >= 0.3 is 8.56 Å². The van der Waals surface area contributed by atoms with Crippen LogP contribution in [0, 0.1) is 0 Å². The molecule has 3 nitrogen and oxygen atoms in total. The summed E-state index contributed by atoms with van der Waals surface area (Å²) in [5.74, 6) is 0. The van der Waals surface area contributed by atoms with Gasteiger partial charge in [0, 0.05) is 19.8 Å². The van der Waals surface area contributed by atoms with Crippen molar-refractivity contribution in [1.29, 1.82) is 0 Å². The van der Waals surface area contributed by atoms with Crippen molar-refractivity contribution < 1.29 is 8.85 Å². The van der Waals surface area contributed by atoms with Gasteiger partial charge in [-0.05, 0) is 39.0 Å². The molecule has 16 heavy (non-hydrogen) atoms. The molecule has 0 aromatic carbocycles. The van der Waals surface area contributed by atoms with Gasteiger partial charge in [-0.15, -0.1) is 0 Å². The highest BCUT2D eigenvalue weighted by molar-refractivity contribution is 6.66. The van der Waals surface area contributed by atoms with E-state index in [4.69, 9.17) is 8.85 Å². The molecule has 1 aliphatic rings. The van der Waals surface area contributed by atoms with Gasteiger partial charge < -0.3 is 13.8 Å². The van der Waals surface area contributed by atoms with E-state index in [0.717, 1.165) is 32.3 Å². The second-order valence-electron chi connectivity index (χ2n) is 4.66. The summed E-state index contributed by atoms with van der Waals surface area (Å²) in [4.78, 5) is 2.48. The molecule has 0 N–H and O–H groups in total. The van der Waals surface area contributed by atoms with Crippen molar-refractivity contribution >= 4 is 8.56 Å². The largest absolute Gasteiger partial charge is 0.395 e. The zero-order valence-corrected chi connectivity index (χ0v) is 12.1. The molecule has 1 rings (SSSR count). The highest BCUT2D eigenvalue weighted by Gasteiger charge is 2.30. The van der Waals surface area contributed by atoms with Crippen LogP contribution >= 0.6 is 0 Å². The van der Waals surface area contributed by atoms with Crippen LogP contribution in [0.2, 0.25) is 12.6 Å². The number of hydrogen-bond donors (Lipinski definition) is 0. The first-order valence-corrected chi connectivity index (χ1v) is 9.23. The molecule has 1 saturated heterocycles. The van der Waals surface area contributed by atoms with E-state index in [1.165, 1.54) is 25.8 Å². The Bertz CT molecular complexity index is 192. The number of likely N-dealkylation sites (N-methyl/N-ethyl adjacent to an activating group) is 1. The minimum absolute atomic E-state index is 0.792. The molecule has 1 atom stereocenters. The molecule has 1 fully saturated rings. The molecule has 0 amide bonds. The monoisotopic (exact) mass is 245 g/mol. The lowest BCUT2D eigenvalue weighted by Crippen LogP contribution is -2.42. The summed E-state index contributed by atoms with van der Waals surface area (Å²) < 4.78 is 11.9. The Morgan fingerprint density at radius 3 is 2.69 bits per heavy atom. The normalized spacial score (nSPS) is 30.2. The lowest BCUT2D eigenvalue weighted by Gasteiger charge is -2.30. The standard InChI is InChI=1S/C12H27NO2Si/c1-4-13-9-7-6-8-12-16(3,14-5-2)15-11-10-13/h4-12H2,1-3H3. The van der Waals surface area contributed by atoms with Crippen LogP contribution in [-0.2, 0) is 8.85 Å². The first kappa shape index (κ1) is 14.2. The quantitative estimate of drug-likeness (QED) is 0.714. The van der Waals surface area contributed by atoms with Gasteiger partial charge in [0.1, 0.15) is 0 Å². The van der Waals surface area contributed by atoms with Gasteiger partial charge in [-0.2, -0.15) is 0 Å².